The highest BCUT2D eigenvalue weighted by molar-refractivity contribution is 6.31. The zero-order valence-corrected chi connectivity index (χ0v) is 14.5. The molecule has 0 radical (unpaired) electrons. The van der Waals surface area contributed by atoms with Crippen LogP contribution in [0.15, 0.2) is 12.1 Å². The zero-order valence-electron chi connectivity index (χ0n) is 13.8. The van der Waals surface area contributed by atoms with E-state index in [4.69, 9.17) is 26.8 Å². The fourth-order valence-corrected chi connectivity index (χ4v) is 2.53. The maximum atomic E-state index is 14.7. The first-order valence-electron chi connectivity index (χ1n) is 7.32. The first-order valence-corrected chi connectivity index (χ1v) is 7.70. The lowest BCUT2D eigenvalue weighted by atomic mass is 10.1. The number of halogens is 3. The van der Waals surface area contributed by atoms with Gasteiger partial charge in [-0.2, -0.15) is 0 Å². The summed E-state index contributed by atoms with van der Waals surface area (Å²) in [6.07, 6.45) is -1.65. The van der Waals surface area contributed by atoms with Crippen molar-refractivity contribution in [3.8, 4) is 17.1 Å². The van der Waals surface area contributed by atoms with Crippen LogP contribution in [0.4, 0.5) is 14.6 Å². The summed E-state index contributed by atoms with van der Waals surface area (Å²) in [4.78, 5) is 20.0. The molecule has 2 rings (SSSR count). The van der Waals surface area contributed by atoms with Crippen molar-refractivity contribution in [2.75, 3.05) is 19.5 Å². The molecule has 1 aromatic carbocycles. The number of carbonyl (C=O) groups is 1. The van der Waals surface area contributed by atoms with Crippen molar-refractivity contribution in [2.45, 2.75) is 20.0 Å². The van der Waals surface area contributed by atoms with E-state index in [1.807, 2.05) is 0 Å². The number of carbonyl (C=O) groups excluding carboxylic acids is 1. The Bertz CT molecular complexity index is 816. The molecule has 2 aromatic rings. The average molecular weight is 372 g/mol. The Morgan fingerprint density at radius 2 is 2.08 bits per heavy atom. The van der Waals surface area contributed by atoms with Gasteiger partial charge in [-0.15, -0.1) is 0 Å². The number of ether oxygens (including phenoxy) is 2. The first-order chi connectivity index (χ1) is 11.8. The zero-order chi connectivity index (χ0) is 18.7. The van der Waals surface area contributed by atoms with Crippen molar-refractivity contribution in [2.24, 2.45) is 0 Å². The highest BCUT2D eigenvalue weighted by Crippen LogP contribution is 2.35. The minimum absolute atomic E-state index is 0.0663. The van der Waals surface area contributed by atoms with Gasteiger partial charge in [0.25, 0.3) is 0 Å². The molecule has 1 heterocycles. The van der Waals surface area contributed by atoms with Crippen LogP contribution in [0.1, 0.15) is 36.1 Å². The summed E-state index contributed by atoms with van der Waals surface area (Å²) < 4.78 is 38.3. The monoisotopic (exact) mass is 371 g/mol. The lowest BCUT2D eigenvalue weighted by Crippen LogP contribution is -2.13. The normalized spacial score (nSPS) is 11.9. The number of nitrogens with two attached hydrogens (primary N) is 1. The van der Waals surface area contributed by atoms with E-state index in [9.17, 15) is 13.6 Å². The Morgan fingerprint density at radius 3 is 2.64 bits per heavy atom. The molecular weight excluding hydrogens is 356 g/mol. The molecule has 6 nitrogen and oxygen atoms in total. The van der Waals surface area contributed by atoms with Crippen LogP contribution in [0.5, 0.6) is 5.75 Å². The van der Waals surface area contributed by atoms with Crippen LogP contribution in [-0.2, 0) is 4.74 Å². The molecule has 134 valence electrons. The second kappa shape index (κ2) is 7.60. The number of hydrogen-bond acceptors (Lipinski definition) is 6. The molecule has 0 spiro atoms. The molecule has 0 saturated heterocycles. The van der Waals surface area contributed by atoms with Crippen molar-refractivity contribution in [1.82, 2.24) is 9.97 Å². The summed E-state index contributed by atoms with van der Waals surface area (Å²) in [6.45, 7) is 2.87. The number of methoxy groups -OCH3 is 1. The average Bonchev–Trinajstić information content (AvgIpc) is 2.54. The third-order valence-corrected chi connectivity index (χ3v) is 3.66. The third kappa shape index (κ3) is 3.63. The van der Waals surface area contributed by atoms with Gasteiger partial charge >= 0.3 is 5.97 Å². The number of alkyl halides is 1. The Balaban J connectivity index is 2.69. The third-order valence-electron chi connectivity index (χ3n) is 3.33. The van der Waals surface area contributed by atoms with Gasteiger partial charge < -0.3 is 15.2 Å². The number of rotatable bonds is 5. The van der Waals surface area contributed by atoms with Gasteiger partial charge in [0, 0.05) is 10.6 Å². The first kappa shape index (κ1) is 18.9. The summed E-state index contributed by atoms with van der Waals surface area (Å²) in [6, 6.07) is 2.60. The highest BCUT2D eigenvalue weighted by atomic mass is 35.5. The number of benzene rings is 1. The van der Waals surface area contributed by atoms with Gasteiger partial charge in [-0.25, -0.2) is 23.5 Å². The molecule has 0 aliphatic carbocycles. The molecule has 25 heavy (non-hydrogen) atoms. The number of hydrogen-bond donors (Lipinski definition) is 1. The molecule has 0 amide bonds. The molecule has 1 aromatic heterocycles. The summed E-state index contributed by atoms with van der Waals surface area (Å²) in [5.41, 5.74) is 5.05. The van der Waals surface area contributed by atoms with Gasteiger partial charge in [0.15, 0.2) is 23.1 Å². The molecule has 1 unspecified atom stereocenters. The van der Waals surface area contributed by atoms with Crippen LogP contribution in [-0.4, -0.2) is 29.7 Å². The summed E-state index contributed by atoms with van der Waals surface area (Å²) in [5, 5.41) is -0.0663. The standard InChI is InChI=1S/C16H16ClF2N3O3/c1-4-25-16(23)12-13(24-3)14(20)22-15(21-12)8-5-6-9(17)10(7(2)18)11(8)19/h5-7H,4H2,1-3H3,(H2,20,21,22). The van der Waals surface area contributed by atoms with Crippen LogP contribution in [0.3, 0.4) is 0 Å². The van der Waals surface area contributed by atoms with Crippen LogP contribution >= 0.6 is 11.6 Å². The smallest absolute Gasteiger partial charge is 0.361 e. The predicted molar refractivity (Wildman–Crippen MR) is 88.9 cm³/mol. The van der Waals surface area contributed by atoms with Crippen LogP contribution in [0.25, 0.3) is 11.4 Å². The van der Waals surface area contributed by atoms with Gasteiger partial charge in [0.2, 0.25) is 0 Å². The molecule has 0 aliphatic rings. The van der Waals surface area contributed by atoms with Crippen molar-refractivity contribution < 1.29 is 23.0 Å². The van der Waals surface area contributed by atoms with Crippen molar-refractivity contribution in [3.63, 3.8) is 0 Å². The number of nitrogens with zero attached hydrogens (tertiary/aromatic N) is 2. The largest absolute Gasteiger partial charge is 0.491 e. The fourth-order valence-electron chi connectivity index (χ4n) is 2.23. The molecule has 1 atom stereocenters. The number of nitrogen functional groups attached to an aromatic ring is 1. The Morgan fingerprint density at radius 1 is 1.40 bits per heavy atom. The highest BCUT2D eigenvalue weighted by Gasteiger charge is 2.25. The molecule has 0 aliphatic heterocycles. The van der Waals surface area contributed by atoms with Crippen molar-refractivity contribution in [3.05, 3.63) is 34.2 Å². The van der Waals surface area contributed by atoms with Crippen LogP contribution < -0.4 is 10.5 Å². The lowest BCUT2D eigenvalue weighted by molar-refractivity contribution is 0.0515. The van der Waals surface area contributed by atoms with Crippen molar-refractivity contribution >= 4 is 23.4 Å². The van der Waals surface area contributed by atoms with Crippen molar-refractivity contribution in [1.29, 1.82) is 0 Å². The van der Waals surface area contributed by atoms with Crippen LogP contribution in [0.2, 0.25) is 5.02 Å². The van der Waals surface area contributed by atoms with Gasteiger partial charge in [-0.3, -0.25) is 0 Å². The Labute approximate surface area is 147 Å². The van der Waals surface area contributed by atoms with Gasteiger partial charge in [-0.05, 0) is 26.0 Å². The number of esters is 1. The van der Waals surface area contributed by atoms with E-state index < -0.39 is 18.0 Å². The molecular formula is C16H16ClF2N3O3. The van der Waals surface area contributed by atoms with E-state index in [1.165, 1.54) is 19.2 Å². The number of aromatic nitrogens is 2. The maximum absolute atomic E-state index is 14.7. The summed E-state index contributed by atoms with van der Waals surface area (Å²) in [5.74, 6) is -2.21. The summed E-state index contributed by atoms with van der Waals surface area (Å²) in [7, 11) is 1.28. The second-order valence-corrected chi connectivity index (χ2v) is 5.38. The van der Waals surface area contributed by atoms with E-state index >= 15 is 0 Å². The molecule has 9 heteroatoms. The fraction of sp³-hybridized carbons (Fsp3) is 0.312. The lowest BCUT2D eigenvalue weighted by Gasteiger charge is -2.13. The molecule has 0 bridgehead atoms. The van der Waals surface area contributed by atoms with E-state index in [0.717, 1.165) is 6.92 Å². The minimum Gasteiger partial charge on any atom is -0.491 e. The van der Waals surface area contributed by atoms with Crippen LogP contribution in [0, 0.1) is 5.82 Å². The van der Waals surface area contributed by atoms with Gasteiger partial charge in [0.1, 0.15) is 12.0 Å². The van der Waals surface area contributed by atoms with Gasteiger partial charge in [-0.1, -0.05) is 11.6 Å². The Kier molecular flexibility index (Phi) is 5.73. The maximum Gasteiger partial charge on any atom is 0.361 e. The SMILES string of the molecule is CCOC(=O)c1nc(-c2ccc(Cl)c(C(C)F)c2F)nc(N)c1OC. The Hall–Kier alpha value is -2.48. The van der Waals surface area contributed by atoms with E-state index in [0.29, 0.717) is 0 Å². The quantitative estimate of drug-likeness (QED) is 0.806. The topological polar surface area (TPSA) is 87.3 Å². The minimum atomic E-state index is -1.65. The molecule has 0 fully saturated rings. The molecule has 2 N–H and O–H groups in total. The van der Waals surface area contributed by atoms with E-state index in [1.54, 1.807) is 6.92 Å². The predicted octanol–water partition coefficient (Wildman–Crippen LogP) is 3.73. The van der Waals surface area contributed by atoms with Gasteiger partial charge in [0.05, 0.1) is 19.3 Å². The van der Waals surface area contributed by atoms with E-state index in [2.05, 4.69) is 9.97 Å². The van der Waals surface area contributed by atoms with E-state index in [-0.39, 0.29) is 45.8 Å². The second-order valence-electron chi connectivity index (χ2n) is 4.97. The molecule has 0 saturated carbocycles. The number of anilines is 1. The summed E-state index contributed by atoms with van der Waals surface area (Å²) >= 11 is 5.85.